The van der Waals surface area contributed by atoms with E-state index in [1.807, 2.05) is 0 Å². The normalized spacial score (nSPS) is 12.4. The highest BCUT2D eigenvalue weighted by atomic mass is 16.3. The molecule has 1 aromatic carbocycles. The van der Waals surface area contributed by atoms with Gasteiger partial charge < -0.3 is 16.6 Å². The summed E-state index contributed by atoms with van der Waals surface area (Å²) in [5, 5.41) is 9.51. The minimum atomic E-state index is -0.499. The standard InChI is InChI=1S/C10H14N2O2/c11-6-5-8(10(12)14)7-3-1-2-4-9(7)13/h1-4,8,13H,5-6,11H2,(H2,12,14). The molecule has 0 aliphatic carbocycles. The molecule has 0 aromatic heterocycles. The fourth-order valence-electron chi connectivity index (χ4n) is 1.40. The smallest absolute Gasteiger partial charge is 0.225 e. The number of amides is 1. The lowest BCUT2D eigenvalue weighted by atomic mass is 9.94. The molecule has 0 aliphatic rings. The van der Waals surface area contributed by atoms with Crippen LogP contribution < -0.4 is 11.5 Å². The molecule has 4 nitrogen and oxygen atoms in total. The number of hydrogen-bond acceptors (Lipinski definition) is 3. The van der Waals surface area contributed by atoms with Crippen LogP contribution in [0.25, 0.3) is 0 Å². The zero-order valence-corrected chi connectivity index (χ0v) is 7.81. The van der Waals surface area contributed by atoms with Crippen LogP contribution in [0, 0.1) is 0 Å². The predicted molar refractivity (Wildman–Crippen MR) is 53.7 cm³/mol. The second kappa shape index (κ2) is 4.62. The summed E-state index contributed by atoms with van der Waals surface area (Å²) in [5.74, 6) is -0.872. The van der Waals surface area contributed by atoms with Crippen molar-refractivity contribution in [2.45, 2.75) is 12.3 Å². The molecule has 0 fully saturated rings. The average molecular weight is 194 g/mol. The minimum absolute atomic E-state index is 0.0877. The van der Waals surface area contributed by atoms with Gasteiger partial charge in [-0.05, 0) is 19.0 Å². The van der Waals surface area contributed by atoms with Crippen molar-refractivity contribution in [3.05, 3.63) is 29.8 Å². The van der Waals surface area contributed by atoms with Gasteiger partial charge in [0.1, 0.15) is 5.75 Å². The molecule has 0 bridgehead atoms. The van der Waals surface area contributed by atoms with Gasteiger partial charge in [-0.25, -0.2) is 0 Å². The fraction of sp³-hybridized carbons (Fsp3) is 0.300. The largest absolute Gasteiger partial charge is 0.508 e. The van der Waals surface area contributed by atoms with E-state index >= 15 is 0 Å². The van der Waals surface area contributed by atoms with Crippen molar-refractivity contribution in [3.8, 4) is 5.75 Å². The van der Waals surface area contributed by atoms with Crippen LogP contribution in [0.1, 0.15) is 17.9 Å². The Labute approximate surface area is 82.5 Å². The van der Waals surface area contributed by atoms with Crippen molar-refractivity contribution >= 4 is 5.91 Å². The first-order valence-corrected chi connectivity index (χ1v) is 4.44. The highest BCUT2D eigenvalue weighted by Crippen LogP contribution is 2.27. The summed E-state index contributed by atoms with van der Waals surface area (Å²) in [4.78, 5) is 11.1. The van der Waals surface area contributed by atoms with Gasteiger partial charge >= 0.3 is 0 Å². The lowest BCUT2D eigenvalue weighted by molar-refractivity contribution is -0.119. The van der Waals surface area contributed by atoms with Gasteiger partial charge in [-0.2, -0.15) is 0 Å². The number of primary amides is 1. The first kappa shape index (κ1) is 10.5. The van der Waals surface area contributed by atoms with Gasteiger partial charge in [-0.3, -0.25) is 4.79 Å². The molecule has 1 atom stereocenters. The molecule has 0 aliphatic heterocycles. The van der Waals surface area contributed by atoms with Crippen LogP contribution in [0.15, 0.2) is 24.3 Å². The van der Waals surface area contributed by atoms with Crippen molar-refractivity contribution < 1.29 is 9.90 Å². The Kier molecular flexibility index (Phi) is 3.48. The van der Waals surface area contributed by atoms with Gasteiger partial charge in [0.05, 0.1) is 5.92 Å². The third-order valence-electron chi connectivity index (χ3n) is 2.11. The van der Waals surface area contributed by atoms with Crippen LogP contribution >= 0.6 is 0 Å². The van der Waals surface area contributed by atoms with Crippen molar-refractivity contribution in [1.82, 2.24) is 0 Å². The first-order chi connectivity index (χ1) is 6.66. The van der Waals surface area contributed by atoms with Crippen LogP contribution in [0.2, 0.25) is 0 Å². The van der Waals surface area contributed by atoms with Crippen LogP contribution in [-0.4, -0.2) is 17.6 Å². The number of carbonyl (C=O) groups is 1. The SMILES string of the molecule is NCCC(C(N)=O)c1ccccc1O. The summed E-state index contributed by atoms with van der Waals surface area (Å²) in [7, 11) is 0. The second-order valence-corrected chi connectivity index (χ2v) is 3.09. The molecule has 4 heteroatoms. The van der Waals surface area contributed by atoms with Gasteiger partial charge in [-0.15, -0.1) is 0 Å². The molecule has 76 valence electrons. The maximum Gasteiger partial charge on any atom is 0.225 e. The van der Waals surface area contributed by atoms with E-state index in [0.717, 1.165) is 0 Å². The Hall–Kier alpha value is -1.55. The molecule has 1 rings (SSSR count). The lowest BCUT2D eigenvalue weighted by Crippen LogP contribution is -2.23. The van der Waals surface area contributed by atoms with Gasteiger partial charge in [0.15, 0.2) is 0 Å². The first-order valence-electron chi connectivity index (χ1n) is 4.44. The van der Waals surface area contributed by atoms with E-state index in [9.17, 15) is 9.90 Å². The van der Waals surface area contributed by atoms with Crippen LogP contribution in [-0.2, 0) is 4.79 Å². The summed E-state index contributed by atoms with van der Waals surface area (Å²) in [6.45, 7) is 0.363. The van der Waals surface area contributed by atoms with Crippen molar-refractivity contribution in [2.24, 2.45) is 11.5 Å². The van der Waals surface area contributed by atoms with Crippen molar-refractivity contribution in [2.75, 3.05) is 6.54 Å². The Bertz CT molecular complexity index is 326. The third kappa shape index (κ3) is 2.23. The summed E-state index contributed by atoms with van der Waals surface area (Å²) in [6, 6.07) is 6.66. The number of hydrogen-bond donors (Lipinski definition) is 3. The van der Waals surface area contributed by atoms with Crippen molar-refractivity contribution in [1.29, 1.82) is 0 Å². The van der Waals surface area contributed by atoms with Gasteiger partial charge in [0, 0.05) is 5.56 Å². The number of nitrogens with two attached hydrogens (primary N) is 2. The van der Waals surface area contributed by atoms with E-state index in [1.54, 1.807) is 18.2 Å². The van der Waals surface area contributed by atoms with E-state index in [2.05, 4.69) is 0 Å². The Balaban J connectivity index is 2.99. The fourth-order valence-corrected chi connectivity index (χ4v) is 1.40. The third-order valence-corrected chi connectivity index (χ3v) is 2.11. The molecule has 0 saturated carbocycles. The maximum absolute atomic E-state index is 11.1. The molecule has 0 saturated heterocycles. The number of para-hydroxylation sites is 1. The van der Waals surface area contributed by atoms with Crippen LogP contribution in [0.4, 0.5) is 0 Å². The number of phenolic OH excluding ortho intramolecular Hbond substituents is 1. The van der Waals surface area contributed by atoms with E-state index in [1.165, 1.54) is 6.07 Å². The van der Waals surface area contributed by atoms with Gasteiger partial charge in [0.25, 0.3) is 0 Å². The van der Waals surface area contributed by atoms with Gasteiger partial charge in [-0.1, -0.05) is 18.2 Å². The van der Waals surface area contributed by atoms with Crippen molar-refractivity contribution in [3.63, 3.8) is 0 Å². The number of benzene rings is 1. The molecule has 0 radical (unpaired) electrons. The molecule has 1 aromatic rings. The molecule has 0 spiro atoms. The van der Waals surface area contributed by atoms with E-state index < -0.39 is 11.8 Å². The number of rotatable bonds is 4. The quantitative estimate of drug-likeness (QED) is 0.644. The highest BCUT2D eigenvalue weighted by molar-refractivity contribution is 5.82. The molecular formula is C10H14N2O2. The Morgan fingerprint density at radius 3 is 2.57 bits per heavy atom. The Morgan fingerprint density at radius 1 is 1.43 bits per heavy atom. The summed E-state index contributed by atoms with van der Waals surface area (Å²) in [6.07, 6.45) is 0.451. The monoisotopic (exact) mass is 194 g/mol. The Morgan fingerprint density at radius 2 is 2.07 bits per heavy atom. The molecule has 1 amide bonds. The second-order valence-electron chi connectivity index (χ2n) is 3.09. The number of aromatic hydroxyl groups is 1. The zero-order chi connectivity index (χ0) is 10.6. The van der Waals surface area contributed by atoms with E-state index in [-0.39, 0.29) is 5.75 Å². The number of carbonyl (C=O) groups excluding carboxylic acids is 1. The highest BCUT2D eigenvalue weighted by Gasteiger charge is 2.19. The van der Waals surface area contributed by atoms with Gasteiger partial charge in [0.2, 0.25) is 5.91 Å². The maximum atomic E-state index is 11.1. The van der Waals surface area contributed by atoms with E-state index in [4.69, 9.17) is 11.5 Å². The number of phenols is 1. The predicted octanol–water partition coefficient (Wildman–Crippen LogP) is 0.310. The lowest BCUT2D eigenvalue weighted by Gasteiger charge is -2.13. The zero-order valence-electron chi connectivity index (χ0n) is 7.81. The molecule has 14 heavy (non-hydrogen) atoms. The molecule has 0 heterocycles. The molecular weight excluding hydrogens is 180 g/mol. The summed E-state index contributed by atoms with van der Waals surface area (Å²) < 4.78 is 0. The summed E-state index contributed by atoms with van der Waals surface area (Å²) in [5.41, 5.74) is 11.1. The molecule has 5 N–H and O–H groups in total. The average Bonchev–Trinajstić information content (AvgIpc) is 2.15. The topological polar surface area (TPSA) is 89.3 Å². The van der Waals surface area contributed by atoms with Crippen LogP contribution in [0.3, 0.4) is 0 Å². The minimum Gasteiger partial charge on any atom is -0.508 e. The summed E-state index contributed by atoms with van der Waals surface area (Å²) >= 11 is 0. The molecule has 1 unspecified atom stereocenters. The van der Waals surface area contributed by atoms with Crippen LogP contribution in [0.5, 0.6) is 5.75 Å². The van der Waals surface area contributed by atoms with E-state index in [0.29, 0.717) is 18.5 Å².